The van der Waals surface area contributed by atoms with E-state index in [4.69, 9.17) is 9.47 Å². The van der Waals surface area contributed by atoms with Crippen LogP contribution < -0.4 is 14.9 Å². The minimum Gasteiger partial charge on any atom is -0.496 e. The fraction of sp³-hybridized carbons (Fsp3) is 0.263. The van der Waals surface area contributed by atoms with Gasteiger partial charge in [0.25, 0.3) is 5.91 Å². The van der Waals surface area contributed by atoms with Gasteiger partial charge < -0.3 is 9.47 Å². The van der Waals surface area contributed by atoms with Crippen molar-refractivity contribution in [1.82, 2.24) is 5.43 Å². The number of benzene rings is 2. The number of rotatable bonds is 7. The van der Waals surface area contributed by atoms with Crippen LogP contribution in [0, 0.1) is 0 Å². The Balaban J connectivity index is 1.88. The van der Waals surface area contributed by atoms with E-state index < -0.39 is 0 Å². The largest absolute Gasteiger partial charge is 0.496 e. The van der Waals surface area contributed by atoms with Gasteiger partial charge in [0.2, 0.25) is 0 Å². The van der Waals surface area contributed by atoms with Crippen LogP contribution in [-0.2, 0) is 4.79 Å². The second-order valence-corrected chi connectivity index (χ2v) is 6.52. The van der Waals surface area contributed by atoms with Crippen LogP contribution in [0.15, 0.2) is 52.0 Å². The Labute approximate surface area is 156 Å². The second-order valence-electron chi connectivity index (χ2n) is 5.67. The molecule has 0 aromatic heterocycles. The quantitative estimate of drug-likeness (QED) is 0.557. The lowest BCUT2D eigenvalue weighted by atomic mass is 10.0. The summed E-state index contributed by atoms with van der Waals surface area (Å²) in [7, 11) is 1.58. The van der Waals surface area contributed by atoms with E-state index in [9.17, 15) is 4.79 Å². The Morgan fingerprint density at radius 2 is 2.00 bits per heavy atom. The van der Waals surface area contributed by atoms with E-state index in [0.29, 0.717) is 17.4 Å². The van der Waals surface area contributed by atoms with Crippen LogP contribution in [0.1, 0.15) is 30.9 Å². The Morgan fingerprint density at radius 3 is 2.68 bits per heavy atom. The highest BCUT2D eigenvalue weighted by molar-refractivity contribution is 9.10. The molecule has 0 bridgehead atoms. The SMILES string of the molecule is COc1ccccc1/C=N/NC(=O)COc1ccc(C(C)C)cc1Br. The molecule has 2 aromatic rings. The summed E-state index contributed by atoms with van der Waals surface area (Å²) in [5, 5.41) is 3.93. The number of nitrogens with zero attached hydrogens (tertiary/aromatic N) is 1. The van der Waals surface area contributed by atoms with E-state index in [0.717, 1.165) is 10.0 Å². The van der Waals surface area contributed by atoms with Crippen molar-refractivity contribution >= 4 is 28.1 Å². The zero-order valence-corrected chi connectivity index (χ0v) is 16.0. The Hall–Kier alpha value is -2.34. The molecule has 0 aliphatic carbocycles. The fourth-order valence-electron chi connectivity index (χ4n) is 2.12. The number of hydrazone groups is 1. The predicted octanol–water partition coefficient (Wildman–Crippen LogP) is 4.11. The van der Waals surface area contributed by atoms with E-state index in [1.807, 2.05) is 42.5 Å². The molecule has 0 heterocycles. The number of nitrogens with one attached hydrogen (secondary N) is 1. The molecule has 2 aromatic carbocycles. The number of carbonyl (C=O) groups is 1. The molecule has 25 heavy (non-hydrogen) atoms. The minimum absolute atomic E-state index is 0.122. The second kappa shape index (κ2) is 9.22. The molecule has 132 valence electrons. The van der Waals surface area contributed by atoms with Gasteiger partial charge in [-0.05, 0) is 51.7 Å². The number of methoxy groups -OCH3 is 1. The number of para-hydroxylation sites is 1. The maximum Gasteiger partial charge on any atom is 0.277 e. The van der Waals surface area contributed by atoms with Crippen LogP contribution in [0.5, 0.6) is 11.5 Å². The lowest BCUT2D eigenvalue weighted by molar-refractivity contribution is -0.123. The van der Waals surface area contributed by atoms with Crippen LogP contribution in [0.25, 0.3) is 0 Å². The summed E-state index contributed by atoms with van der Waals surface area (Å²) >= 11 is 3.46. The van der Waals surface area contributed by atoms with Crippen LogP contribution in [0.4, 0.5) is 0 Å². The molecule has 1 amide bonds. The highest BCUT2D eigenvalue weighted by Gasteiger charge is 2.07. The molecule has 0 saturated heterocycles. The van der Waals surface area contributed by atoms with Crippen LogP contribution in [0.2, 0.25) is 0 Å². The van der Waals surface area contributed by atoms with Crippen LogP contribution in [0.3, 0.4) is 0 Å². The fourth-order valence-corrected chi connectivity index (χ4v) is 2.63. The van der Waals surface area contributed by atoms with Gasteiger partial charge in [0, 0.05) is 5.56 Å². The monoisotopic (exact) mass is 404 g/mol. The third kappa shape index (κ3) is 5.60. The first-order valence-electron chi connectivity index (χ1n) is 7.88. The lowest BCUT2D eigenvalue weighted by Gasteiger charge is -2.10. The van der Waals surface area contributed by atoms with Gasteiger partial charge in [0.05, 0.1) is 17.8 Å². The van der Waals surface area contributed by atoms with Crippen molar-refractivity contribution in [2.24, 2.45) is 5.10 Å². The highest BCUT2D eigenvalue weighted by atomic mass is 79.9. The molecule has 2 rings (SSSR count). The molecular weight excluding hydrogens is 384 g/mol. The highest BCUT2D eigenvalue weighted by Crippen LogP contribution is 2.28. The maximum atomic E-state index is 11.9. The average molecular weight is 405 g/mol. The topological polar surface area (TPSA) is 59.9 Å². The normalized spacial score (nSPS) is 10.9. The first-order valence-corrected chi connectivity index (χ1v) is 8.67. The van der Waals surface area contributed by atoms with Crippen LogP contribution in [-0.4, -0.2) is 25.8 Å². The molecule has 0 saturated carbocycles. The Bertz CT molecular complexity index is 760. The average Bonchev–Trinajstić information content (AvgIpc) is 2.61. The van der Waals surface area contributed by atoms with Gasteiger partial charge in [0.15, 0.2) is 6.61 Å². The standard InChI is InChI=1S/C19H21BrN2O3/c1-13(2)14-8-9-18(16(20)10-14)25-12-19(23)22-21-11-15-6-4-5-7-17(15)24-3/h4-11,13H,12H2,1-3H3,(H,22,23)/b21-11+. The lowest BCUT2D eigenvalue weighted by Crippen LogP contribution is -2.24. The first kappa shape index (κ1) is 19.0. The summed E-state index contributed by atoms with van der Waals surface area (Å²) < 4.78 is 11.6. The first-order chi connectivity index (χ1) is 12.0. The van der Waals surface area contributed by atoms with Gasteiger partial charge in [-0.2, -0.15) is 5.10 Å². The van der Waals surface area contributed by atoms with Crippen molar-refractivity contribution in [3.05, 3.63) is 58.1 Å². The smallest absolute Gasteiger partial charge is 0.277 e. The van der Waals surface area contributed by atoms with Crippen molar-refractivity contribution in [2.45, 2.75) is 19.8 Å². The summed E-state index contributed by atoms with van der Waals surface area (Å²) in [5.41, 5.74) is 4.41. The van der Waals surface area contributed by atoms with Crippen molar-refractivity contribution in [1.29, 1.82) is 0 Å². The minimum atomic E-state index is -0.342. The molecule has 0 aliphatic heterocycles. The molecule has 0 fully saturated rings. The zero-order valence-electron chi connectivity index (χ0n) is 14.5. The molecule has 0 aliphatic rings. The number of ether oxygens (including phenoxy) is 2. The van der Waals surface area contributed by atoms with E-state index in [1.54, 1.807) is 7.11 Å². The van der Waals surface area contributed by atoms with Crippen molar-refractivity contribution in [3.8, 4) is 11.5 Å². The molecule has 0 spiro atoms. The molecule has 0 radical (unpaired) electrons. The van der Waals surface area contributed by atoms with Gasteiger partial charge in [-0.3, -0.25) is 4.79 Å². The summed E-state index contributed by atoms with van der Waals surface area (Å²) in [6, 6.07) is 13.2. The molecule has 1 N–H and O–H groups in total. The van der Waals surface area contributed by atoms with E-state index in [2.05, 4.69) is 40.3 Å². The van der Waals surface area contributed by atoms with Crippen LogP contribution >= 0.6 is 15.9 Å². The number of hydrogen-bond acceptors (Lipinski definition) is 4. The molecule has 0 unspecified atom stereocenters. The number of halogens is 1. The number of hydrogen-bond donors (Lipinski definition) is 1. The summed E-state index contributed by atoms with van der Waals surface area (Å²) in [4.78, 5) is 11.9. The van der Waals surface area contributed by atoms with E-state index in [1.165, 1.54) is 11.8 Å². The van der Waals surface area contributed by atoms with Crippen molar-refractivity contribution in [2.75, 3.05) is 13.7 Å². The van der Waals surface area contributed by atoms with E-state index >= 15 is 0 Å². The Kier molecular flexibility index (Phi) is 7.01. The zero-order chi connectivity index (χ0) is 18.2. The third-order valence-corrected chi connectivity index (χ3v) is 4.13. The maximum absolute atomic E-state index is 11.9. The molecule has 0 atom stereocenters. The number of amides is 1. The van der Waals surface area contributed by atoms with E-state index in [-0.39, 0.29) is 12.5 Å². The summed E-state index contributed by atoms with van der Waals surface area (Å²) in [6.45, 7) is 4.12. The Morgan fingerprint density at radius 1 is 1.24 bits per heavy atom. The van der Waals surface area contributed by atoms with Crippen molar-refractivity contribution in [3.63, 3.8) is 0 Å². The van der Waals surface area contributed by atoms with Gasteiger partial charge in [-0.15, -0.1) is 0 Å². The molecular formula is C19H21BrN2O3. The van der Waals surface area contributed by atoms with Gasteiger partial charge >= 0.3 is 0 Å². The van der Waals surface area contributed by atoms with Gasteiger partial charge in [0.1, 0.15) is 11.5 Å². The summed E-state index contributed by atoms with van der Waals surface area (Å²) in [6.07, 6.45) is 1.53. The number of carbonyl (C=O) groups excluding carboxylic acids is 1. The van der Waals surface area contributed by atoms with Crippen molar-refractivity contribution < 1.29 is 14.3 Å². The van der Waals surface area contributed by atoms with Gasteiger partial charge in [-0.25, -0.2) is 5.43 Å². The predicted molar refractivity (Wildman–Crippen MR) is 102 cm³/mol. The molecule has 5 nitrogen and oxygen atoms in total. The third-order valence-electron chi connectivity index (χ3n) is 3.51. The summed E-state index contributed by atoms with van der Waals surface area (Å²) in [5.74, 6) is 1.39. The molecule has 6 heteroatoms. The van der Waals surface area contributed by atoms with Gasteiger partial charge in [-0.1, -0.05) is 32.0 Å².